The van der Waals surface area contributed by atoms with Gasteiger partial charge < -0.3 is 4.42 Å². The zero-order chi connectivity index (χ0) is 14.0. The Morgan fingerprint density at radius 2 is 2.11 bits per heavy atom. The van der Waals surface area contributed by atoms with Crippen LogP contribution in [0.1, 0.15) is 19.8 Å². The number of nitrogens with zero attached hydrogens (tertiary/aromatic N) is 1. The topological polar surface area (TPSA) is 81.3 Å². The summed E-state index contributed by atoms with van der Waals surface area (Å²) in [5.41, 5.74) is 0.836. The first-order chi connectivity index (χ1) is 8.95. The number of rotatable bonds is 5. The van der Waals surface area contributed by atoms with Crippen molar-refractivity contribution in [2.75, 3.05) is 6.54 Å². The highest BCUT2D eigenvalue weighted by atomic mass is 32.2. The third-order valence-electron chi connectivity index (χ3n) is 2.90. The maximum absolute atomic E-state index is 12.0. The Balaban J connectivity index is 2.40. The van der Waals surface area contributed by atoms with Gasteiger partial charge in [-0.05, 0) is 24.6 Å². The average molecular weight is 284 g/mol. The molecule has 104 valence electrons. The third-order valence-corrected chi connectivity index (χ3v) is 4.35. The molecular formula is C12H16N2O4S. The highest BCUT2D eigenvalue weighted by molar-refractivity contribution is 7.89. The fraction of sp³-hybridized carbons (Fsp3) is 0.417. The van der Waals surface area contributed by atoms with Gasteiger partial charge in [-0.2, -0.15) is 0 Å². The van der Waals surface area contributed by atoms with Crippen molar-refractivity contribution in [2.45, 2.75) is 24.7 Å². The molecule has 0 bridgehead atoms. The number of unbranched alkanes of at least 4 members (excludes halogenated alkanes) is 1. The molecule has 1 aromatic carbocycles. The Bertz CT molecular complexity index is 743. The molecule has 2 rings (SSSR count). The second-order valence-electron chi connectivity index (χ2n) is 4.31. The minimum Gasteiger partial charge on any atom is -0.408 e. The number of hydrogen-bond acceptors (Lipinski definition) is 4. The van der Waals surface area contributed by atoms with E-state index in [1.807, 2.05) is 6.92 Å². The quantitative estimate of drug-likeness (QED) is 0.837. The highest BCUT2D eigenvalue weighted by Gasteiger charge is 2.16. The molecule has 0 aliphatic rings. The molecular weight excluding hydrogens is 268 g/mol. The summed E-state index contributed by atoms with van der Waals surface area (Å²) in [6, 6.07) is 4.36. The Labute approximate surface area is 111 Å². The molecule has 0 spiro atoms. The fourth-order valence-corrected chi connectivity index (χ4v) is 2.83. The summed E-state index contributed by atoms with van der Waals surface area (Å²) in [5, 5.41) is 0. The maximum Gasteiger partial charge on any atom is 0.419 e. The number of aromatic nitrogens is 1. The molecule has 0 saturated carbocycles. The Morgan fingerprint density at radius 3 is 2.79 bits per heavy atom. The van der Waals surface area contributed by atoms with Crippen LogP contribution in [0.3, 0.4) is 0 Å². The second-order valence-corrected chi connectivity index (χ2v) is 6.07. The van der Waals surface area contributed by atoms with Crippen molar-refractivity contribution in [3.8, 4) is 0 Å². The highest BCUT2D eigenvalue weighted by Crippen LogP contribution is 2.17. The lowest BCUT2D eigenvalue weighted by molar-refractivity contribution is 0.528. The van der Waals surface area contributed by atoms with Gasteiger partial charge in [-0.25, -0.2) is 17.9 Å². The molecule has 0 aliphatic heterocycles. The normalized spacial score (nSPS) is 12.1. The molecule has 1 aromatic heterocycles. The summed E-state index contributed by atoms with van der Waals surface area (Å²) in [6.07, 6.45) is 1.70. The van der Waals surface area contributed by atoms with E-state index < -0.39 is 15.8 Å². The number of oxazole rings is 1. The number of sulfonamides is 1. The van der Waals surface area contributed by atoms with Gasteiger partial charge in [0.1, 0.15) is 0 Å². The Kier molecular flexibility index (Phi) is 3.77. The number of nitrogens with one attached hydrogen (secondary N) is 1. The zero-order valence-corrected chi connectivity index (χ0v) is 11.7. The first-order valence-corrected chi connectivity index (χ1v) is 7.53. The summed E-state index contributed by atoms with van der Waals surface area (Å²) in [7, 11) is -2.00. The van der Waals surface area contributed by atoms with E-state index in [1.165, 1.54) is 29.8 Å². The smallest absolute Gasteiger partial charge is 0.408 e. The van der Waals surface area contributed by atoms with Crippen molar-refractivity contribution < 1.29 is 12.8 Å². The minimum atomic E-state index is -3.54. The zero-order valence-electron chi connectivity index (χ0n) is 10.8. The lowest BCUT2D eigenvalue weighted by atomic mass is 10.3. The van der Waals surface area contributed by atoms with Crippen LogP contribution in [0.2, 0.25) is 0 Å². The predicted octanol–water partition coefficient (Wildman–Crippen LogP) is 1.21. The minimum absolute atomic E-state index is 0.132. The summed E-state index contributed by atoms with van der Waals surface area (Å²) in [6.45, 7) is 2.39. The van der Waals surface area contributed by atoms with E-state index in [0.29, 0.717) is 17.6 Å². The van der Waals surface area contributed by atoms with Crippen LogP contribution in [0, 0.1) is 0 Å². The van der Waals surface area contributed by atoms with Gasteiger partial charge in [-0.15, -0.1) is 0 Å². The van der Waals surface area contributed by atoms with Crippen LogP contribution in [0.5, 0.6) is 0 Å². The summed E-state index contributed by atoms with van der Waals surface area (Å²) < 4.78 is 32.8. The van der Waals surface area contributed by atoms with E-state index in [4.69, 9.17) is 4.42 Å². The molecule has 0 radical (unpaired) electrons. The SMILES string of the molecule is CCCCNS(=O)(=O)c1ccc2oc(=O)n(C)c2c1. The number of aryl methyl sites for hydroxylation is 1. The van der Waals surface area contributed by atoms with Gasteiger partial charge in [0.25, 0.3) is 0 Å². The monoisotopic (exact) mass is 284 g/mol. The first kappa shape index (κ1) is 13.8. The average Bonchev–Trinajstić information content (AvgIpc) is 2.65. The van der Waals surface area contributed by atoms with Crippen LogP contribution < -0.4 is 10.5 Å². The van der Waals surface area contributed by atoms with Gasteiger partial charge in [-0.1, -0.05) is 13.3 Å². The summed E-state index contributed by atoms with van der Waals surface area (Å²) >= 11 is 0. The molecule has 1 heterocycles. The van der Waals surface area contributed by atoms with Crippen LogP contribution in [0.15, 0.2) is 32.3 Å². The fourth-order valence-electron chi connectivity index (χ4n) is 1.74. The van der Waals surface area contributed by atoms with Crippen molar-refractivity contribution in [3.63, 3.8) is 0 Å². The van der Waals surface area contributed by atoms with Crippen LogP contribution >= 0.6 is 0 Å². The van der Waals surface area contributed by atoms with Gasteiger partial charge in [0.15, 0.2) is 5.58 Å². The predicted molar refractivity (Wildman–Crippen MR) is 71.6 cm³/mol. The van der Waals surface area contributed by atoms with Gasteiger partial charge >= 0.3 is 5.76 Å². The first-order valence-electron chi connectivity index (χ1n) is 6.05. The number of fused-ring (bicyclic) bond motifs is 1. The van der Waals surface area contributed by atoms with Gasteiger partial charge in [0, 0.05) is 13.6 Å². The molecule has 6 nitrogen and oxygen atoms in total. The molecule has 7 heteroatoms. The largest absolute Gasteiger partial charge is 0.419 e. The summed E-state index contributed by atoms with van der Waals surface area (Å²) in [5.74, 6) is -0.511. The van der Waals surface area contributed by atoms with Gasteiger partial charge in [0.2, 0.25) is 10.0 Å². The molecule has 0 amide bonds. The van der Waals surface area contributed by atoms with Gasteiger partial charge in [0.05, 0.1) is 10.4 Å². The molecule has 1 N–H and O–H groups in total. The molecule has 0 saturated heterocycles. The molecule has 0 unspecified atom stereocenters. The molecule has 2 aromatic rings. The number of benzene rings is 1. The van der Waals surface area contributed by atoms with E-state index >= 15 is 0 Å². The second kappa shape index (κ2) is 5.18. The van der Waals surface area contributed by atoms with Crippen molar-refractivity contribution in [1.29, 1.82) is 0 Å². The van der Waals surface area contributed by atoms with Crippen LogP contribution in [0.25, 0.3) is 11.1 Å². The van der Waals surface area contributed by atoms with E-state index in [1.54, 1.807) is 0 Å². The van der Waals surface area contributed by atoms with Crippen molar-refractivity contribution >= 4 is 21.1 Å². The van der Waals surface area contributed by atoms with E-state index in [9.17, 15) is 13.2 Å². The molecule has 19 heavy (non-hydrogen) atoms. The Morgan fingerprint density at radius 1 is 1.37 bits per heavy atom. The van der Waals surface area contributed by atoms with Crippen LogP contribution in [-0.2, 0) is 17.1 Å². The van der Waals surface area contributed by atoms with Gasteiger partial charge in [-0.3, -0.25) is 4.57 Å². The van der Waals surface area contributed by atoms with Crippen LogP contribution in [0.4, 0.5) is 0 Å². The third kappa shape index (κ3) is 2.71. The van der Waals surface area contributed by atoms with Crippen molar-refractivity contribution in [2.24, 2.45) is 7.05 Å². The van der Waals surface area contributed by atoms with E-state index in [0.717, 1.165) is 12.8 Å². The molecule has 0 aliphatic carbocycles. The molecule has 0 atom stereocenters. The van der Waals surface area contributed by atoms with E-state index in [-0.39, 0.29) is 4.90 Å². The molecule has 0 fully saturated rings. The van der Waals surface area contributed by atoms with Crippen molar-refractivity contribution in [1.82, 2.24) is 9.29 Å². The Hall–Kier alpha value is -1.60. The lowest BCUT2D eigenvalue weighted by Gasteiger charge is -2.06. The lowest BCUT2D eigenvalue weighted by Crippen LogP contribution is -2.24. The maximum atomic E-state index is 12.0. The van der Waals surface area contributed by atoms with E-state index in [2.05, 4.69) is 4.72 Å². The number of hydrogen-bond donors (Lipinski definition) is 1. The van der Waals surface area contributed by atoms with Crippen LogP contribution in [-0.4, -0.2) is 19.5 Å². The summed E-state index contributed by atoms with van der Waals surface area (Å²) in [4.78, 5) is 11.5. The van der Waals surface area contributed by atoms with Crippen molar-refractivity contribution in [3.05, 3.63) is 28.7 Å². The standard InChI is InChI=1S/C12H16N2O4S/c1-3-4-7-13-19(16,17)9-5-6-11-10(8-9)14(2)12(15)18-11/h5-6,8,13H,3-4,7H2,1-2H3.